The van der Waals surface area contributed by atoms with Gasteiger partial charge in [-0.05, 0) is 60.0 Å². The lowest BCUT2D eigenvalue weighted by atomic mass is 10.0. The molecule has 0 aliphatic heterocycles. The molecule has 0 spiro atoms. The van der Waals surface area contributed by atoms with E-state index in [9.17, 15) is 4.39 Å². The summed E-state index contributed by atoms with van der Waals surface area (Å²) in [6, 6.07) is 12.7. The molecular formula is C22H19FN4O. The van der Waals surface area contributed by atoms with Crippen molar-refractivity contribution in [1.29, 1.82) is 0 Å². The molecule has 0 aliphatic rings. The molecule has 6 heteroatoms. The molecule has 5 nitrogen and oxygen atoms in total. The van der Waals surface area contributed by atoms with Crippen LogP contribution in [0.5, 0.6) is 5.75 Å². The van der Waals surface area contributed by atoms with Crippen LogP contribution in [-0.2, 0) is 0 Å². The summed E-state index contributed by atoms with van der Waals surface area (Å²) in [7, 11) is 3.43. The maximum absolute atomic E-state index is 13.7. The number of nitrogens with one attached hydrogen (secondary N) is 1. The summed E-state index contributed by atoms with van der Waals surface area (Å²) in [5, 5.41) is 3.97. The minimum absolute atomic E-state index is 0.225. The lowest BCUT2D eigenvalue weighted by molar-refractivity contribution is 0.419. The summed E-state index contributed by atoms with van der Waals surface area (Å²) in [5.74, 6) is 1.65. The highest BCUT2D eigenvalue weighted by molar-refractivity contribution is 5.97. The first-order valence-corrected chi connectivity index (χ1v) is 8.85. The Labute approximate surface area is 162 Å². The summed E-state index contributed by atoms with van der Waals surface area (Å²) in [5.41, 5.74) is 3.91. The highest BCUT2D eigenvalue weighted by Gasteiger charge is 2.15. The molecule has 4 rings (SSSR count). The van der Waals surface area contributed by atoms with E-state index in [-0.39, 0.29) is 5.82 Å². The average molecular weight is 374 g/mol. The largest absolute Gasteiger partial charge is 0.494 e. The van der Waals surface area contributed by atoms with Gasteiger partial charge in [0, 0.05) is 30.4 Å². The van der Waals surface area contributed by atoms with Crippen LogP contribution in [0.25, 0.3) is 33.4 Å². The average Bonchev–Trinajstić information content (AvgIpc) is 2.74. The number of ether oxygens (including phenoxy) is 1. The summed E-state index contributed by atoms with van der Waals surface area (Å²) >= 11 is 0. The van der Waals surface area contributed by atoms with Crippen LogP contribution in [0.2, 0.25) is 0 Å². The fraction of sp³-hybridized carbons (Fsp3) is 0.136. The molecule has 0 atom stereocenters. The van der Waals surface area contributed by atoms with Gasteiger partial charge in [0.05, 0.1) is 7.11 Å². The summed E-state index contributed by atoms with van der Waals surface area (Å²) in [6.45, 7) is 1.75. The number of anilines is 1. The summed E-state index contributed by atoms with van der Waals surface area (Å²) in [6.07, 6.45) is 3.43. The molecule has 1 N–H and O–H groups in total. The second kappa shape index (κ2) is 7.23. The quantitative estimate of drug-likeness (QED) is 0.553. The van der Waals surface area contributed by atoms with Crippen LogP contribution in [-0.4, -0.2) is 29.1 Å². The molecular weight excluding hydrogens is 355 g/mol. The highest BCUT2D eigenvalue weighted by atomic mass is 19.1. The van der Waals surface area contributed by atoms with Crippen molar-refractivity contribution in [2.75, 3.05) is 19.5 Å². The van der Waals surface area contributed by atoms with Crippen LogP contribution in [0.15, 0.2) is 54.9 Å². The van der Waals surface area contributed by atoms with Crippen molar-refractivity contribution in [3.05, 3.63) is 66.2 Å². The van der Waals surface area contributed by atoms with Crippen molar-refractivity contribution < 1.29 is 9.13 Å². The zero-order valence-electron chi connectivity index (χ0n) is 15.8. The van der Waals surface area contributed by atoms with E-state index < -0.39 is 0 Å². The first kappa shape index (κ1) is 17.9. The van der Waals surface area contributed by atoms with Gasteiger partial charge in [-0.25, -0.2) is 14.4 Å². The zero-order chi connectivity index (χ0) is 19.7. The van der Waals surface area contributed by atoms with Crippen LogP contribution in [0.3, 0.4) is 0 Å². The number of methoxy groups -OCH3 is 1. The molecule has 0 fully saturated rings. The third-order valence-electron chi connectivity index (χ3n) is 4.63. The van der Waals surface area contributed by atoms with Crippen molar-refractivity contribution >= 4 is 16.7 Å². The number of pyridine rings is 1. The molecule has 0 amide bonds. The van der Waals surface area contributed by atoms with Crippen LogP contribution in [0.1, 0.15) is 5.56 Å². The molecule has 4 aromatic rings. The van der Waals surface area contributed by atoms with E-state index in [1.165, 1.54) is 6.07 Å². The van der Waals surface area contributed by atoms with Gasteiger partial charge in [-0.3, -0.25) is 4.98 Å². The van der Waals surface area contributed by atoms with E-state index in [1.807, 2.05) is 37.4 Å². The third kappa shape index (κ3) is 3.13. The number of fused-ring (bicyclic) bond motifs is 1. The monoisotopic (exact) mass is 374 g/mol. The Bertz CT molecular complexity index is 1160. The molecule has 2 heterocycles. The van der Waals surface area contributed by atoms with Crippen molar-refractivity contribution in [3.8, 4) is 28.3 Å². The van der Waals surface area contributed by atoms with Crippen molar-refractivity contribution in [3.63, 3.8) is 0 Å². The van der Waals surface area contributed by atoms with Gasteiger partial charge >= 0.3 is 0 Å². The molecule has 0 unspecified atom stereocenters. The highest BCUT2D eigenvalue weighted by Crippen LogP contribution is 2.36. The second-order valence-corrected chi connectivity index (χ2v) is 6.43. The maximum Gasteiger partial charge on any atom is 0.163 e. The van der Waals surface area contributed by atoms with Gasteiger partial charge in [-0.1, -0.05) is 6.07 Å². The standard InChI is InChI=1S/C22H19FN4O/c1-13-9-14(6-7-18(13)23)16-10-17-20(19(11-16)28-3)26-21(27-22(17)24-2)15-5-4-8-25-12-15/h4-12H,1-3H3,(H,24,26,27). The number of aryl methyl sites for hydroxylation is 1. The number of hydrogen-bond donors (Lipinski definition) is 1. The van der Waals surface area contributed by atoms with E-state index >= 15 is 0 Å². The maximum atomic E-state index is 13.7. The van der Waals surface area contributed by atoms with Crippen molar-refractivity contribution in [2.45, 2.75) is 6.92 Å². The fourth-order valence-electron chi connectivity index (χ4n) is 3.16. The first-order valence-electron chi connectivity index (χ1n) is 8.85. The minimum atomic E-state index is -0.225. The van der Waals surface area contributed by atoms with Gasteiger partial charge in [-0.15, -0.1) is 0 Å². The van der Waals surface area contributed by atoms with Crippen molar-refractivity contribution in [1.82, 2.24) is 15.0 Å². The predicted octanol–water partition coefficient (Wildman–Crippen LogP) is 4.86. The SMILES string of the molecule is CNc1nc(-c2cccnc2)nc2c(OC)cc(-c3ccc(F)c(C)c3)cc12. The number of aromatic nitrogens is 3. The number of nitrogens with zero attached hydrogens (tertiary/aromatic N) is 3. The summed E-state index contributed by atoms with van der Waals surface area (Å²) < 4.78 is 19.3. The molecule has 140 valence electrons. The van der Waals surface area contributed by atoms with E-state index in [0.29, 0.717) is 28.5 Å². The van der Waals surface area contributed by atoms with Crippen LogP contribution >= 0.6 is 0 Å². The normalized spacial score (nSPS) is 10.9. The van der Waals surface area contributed by atoms with Gasteiger partial charge in [-0.2, -0.15) is 0 Å². The molecule has 0 radical (unpaired) electrons. The fourth-order valence-corrected chi connectivity index (χ4v) is 3.16. The lowest BCUT2D eigenvalue weighted by Crippen LogP contribution is -2.01. The zero-order valence-corrected chi connectivity index (χ0v) is 15.8. The number of rotatable bonds is 4. The van der Waals surface area contributed by atoms with Crippen molar-refractivity contribution in [2.24, 2.45) is 0 Å². The smallest absolute Gasteiger partial charge is 0.163 e. The molecule has 0 saturated carbocycles. The molecule has 0 saturated heterocycles. The Morgan fingerprint density at radius 2 is 1.86 bits per heavy atom. The van der Waals surface area contributed by atoms with Gasteiger partial charge in [0.2, 0.25) is 0 Å². The minimum Gasteiger partial charge on any atom is -0.494 e. The van der Waals surface area contributed by atoms with Crippen LogP contribution in [0.4, 0.5) is 10.2 Å². The topological polar surface area (TPSA) is 59.9 Å². The van der Waals surface area contributed by atoms with E-state index in [4.69, 9.17) is 9.72 Å². The second-order valence-electron chi connectivity index (χ2n) is 6.43. The Kier molecular flexibility index (Phi) is 4.61. The van der Waals surface area contributed by atoms with Gasteiger partial charge < -0.3 is 10.1 Å². The predicted molar refractivity (Wildman–Crippen MR) is 109 cm³/mol. The Balaban J connectivity index is 1.96. The number of hydrogen-bond acceptors (Lipinski definition) is 5. The van der Waals surface area contributed by atoms with Gasteiger partial charge in [0.15, 0.2) is 5.82 Å². The van der Waals surface area contributed by atoms with E-state index in [0.717, 1.165) is 22.1 Å². The van der Waals surface area contributed by atoms with Gasteiger partial charge in [0.1, 0.15) is 22.9 Å². The Morgan fingerprint density at radius 1 is 1.00 bits per heavy atom. The third-order valence-corrected chi connectivity index (χ3v) is 4.63. The molecule has 2 aromatic carbocycles. The Hall–Kier alpha value is -3.54. The molecule has 0 bridgehead atoms. The molecule has 0 aliphatic carbocycles. The van der Waals surface area contributed by atoms with Gasteiger partial charge in [0.25, 0.3) is 0 Å². The van der Waals surface area contributed by atoms with E-state index in [2.05, 4.69) is 15.3 Å². The molecule has 2 aromatic heterocycles. The summed E-state index contributed by atoms with van der Waals surface area (Å²) in [4.78, 5) is 13.5. The lowest BCUT2D eigenvalue weighted by Gasteiger charge is -2.14. The van der Waals surface area contributed by atoms with Crippen LogP contribution < -0.4 is 10.1 Å². The Morgan fingerprint density at radius 3 is 2.54 bits per heavy atom. The number of benzene rings is 2. The first-order chi connectivity index (χ1) is 13.6. The number of halogens is 1. The molecule has 28 heavy (non-hydrogen) atoms. The van der Waals surface area contributed by atoms with Crippen LogP contribution in [0, 0.1) is 12.7 Å². The van der Waals surface area contributed by atoms with E-state index in [1.54, 1.807) is 32.5 Å².